The van der Waals surface area contributed by atoms with E-state index in [-0.39, 0.29) is 10.8 Å². The normalized spacial score (nSPS) is 25.2. The minimum Gasteiger partial charge on any atom is -0.386 e. The van der Waals surface area contributed by atoms with E-state index in [1.165, 1.54) is 0 Å². The Balaban J connectivity index is 2.21. The van der Waals surface area contributed by atoms with E-state index < -0.39 is 6.10 Å². The second-order valence-corrected chi connectivity index (χ2v) is 5.78. The van der Waals surface area contributed by atoms with Crippen LogP contribution in [-0.2, 0) is 7.05 Å². The zero-order chi connectivity index (χ0) is 11.4. The van der Waals surface area contributed by atoms with Crippen LogP contribution in [0.5, 0.6) is 0 Å². The van der Waals surface area contributed by atoms with Gasteiger partial charge in [0.25, 0.3) is 0 Å². The van der Waals surface area contributed by atoms with Gasteiger partial charge in [-0.3, -0.25) is 4.68 Å². The third-order valence-electron chi connectivity index (χ3n) is 4.49. The molecule has 84 valence electrons. The van der Waals surface area contributed by atoms with Gasteiger partial charge < -0.3 is 5.11 Å². The molecule has 0 spiro atoms. The molecule has 0 aliphatic heterocycles. The number of aryl methyl sites for hydroxylation is 1. The first-order valence-corrected chi connectivity index (χ1v) is 5.46. The molecular weight excluding hydrogens is 188 g/mol. The van der Waals surface area contributed by atoms with Gasteiger partial charge in [0.05, 0.1) is 5.69 Å². The highest BCUT2D eigenvalue weighted by atomic mass is 16.3. The Morgan fingerprint density at radius 2 is 1.87 bits per heavy atom. The Kier molecular flexibility index (Phi) is 2.03. The monoisotopic (exact) mass is 208 g/mol. The van der Waals surface area contributed by atoms with Crippen LogP contribution >= 0.6 is 0 Å². The standard InChI is InChI=1S/C12H20N2O/c1-11(2)10(12(11,3)4)9(15)8-6-7-14(5)13-8/h6-7,9-10,15H,1-5H3. The van der Waals surface area contributed by atoms with Crippen molar-refractivity contribution < 1.29 is 5.11 Å². The largest absolute Gasteiger partial charge is 0.386 e. The van der Waals surface area contributed by atoms with E-state index >= 15 is 0 Å². The summed E-state index contributed by atoms with van der Waals surface area (Å²) in [4.78, 5) is 0. The minimum atomic E-state index is -0.434. The number of aromatic nitrogens is 2. The van der Waals surface area contributed by atoms with Crippen LogP contribution in [-0.4, -0.2) is 14.9 Å². The highest BCUT2D eigenvalue weighted by Crippen LogP contribution is 2.72. The number of hydrogen-bond acceptors (Lipinski definition) is 2. The third kappa shape index (κ3) is 1.33. The summed E-state index contributed by atoms with van der Waals surface area (Å²) in [6, 6.07) is 1.90. The zero-order valence-corrected chi connectivity index (χ0v) is 10.2. The van der Waals surface area contributed by atoms with Gasteiger partial charge in [-0.25, -0.2) is 0 Å². The second kappa shape index (κ2) is 2.85. The van der Waals surface area contributed by atoms with Crippen molar-refractivity contribution in [3.63, 3.8) is 0 Å². The molecule has 1 aromatic heterocycles. The lowest BCUT2D eigenvalue weighted by molar-refractivity contribution is 0.125. The lowest BCUT2D eigenvalue weighted by Crippen LogP contribution is -2.06. The number of aliphatic hydroxyl groups is 1. The summed E-state index contributed by atoms with van der Waals surface area (Å²) in [5.41, 5.74) is 1.19. The van der Waals surface area contributed by atoms with Crippen molar-refractivity contribution in [3.05, 3.63) is 18.0 Å². The first kappa shape index (κ1) is 10.7. The van der Waals surface area contributed by atoms with Gasteiger partial charge in [-0.05, 0) is 16.9 Å². The Morgan fingerprint density at radius 1 is 1.33 bits per heavy atom. The molecule has 0 saturated heterocycles. The van der Waals surface area contributed by atoms with Crippen LogP contribution in [0.2, 0.25) is 0 Å². The molecule has 1 aliphatic rings. The van der Waals surface area contributed by atoms with Crippen molar-refractivity contribution in [3.8, 4) is 0 Å². The van der Waals surface area contributed by atoms with Crippen molar-refractivity contribution in [1.82, 2.24) is 9.78 Å². The maximum atomic E-state index is 10.3. The van der Waals surface area contributed by atoms with Gasteiger partial charge >= 0.3 is 0 Å². The van der Waals surface area contributed by atoms with Gasteiger partial charge in [-0.2, -0.15) is 5.10 Å². The number of nitrogens with zero attached hydrogens (tertiary/aromatic N) is 2. The van der Waals surface area contributed by atoms with Crippen LogP contribution in [0.4, 0.5) is 0 Å². The van der Waals surface area contributed by atoms with Crippen molar-refractivity contribution in [2.75, 3.05) is 0 Å². The fourth-order valence-electron chi connectivity index (χ4n) is 2.80. The Labute approximate surface area is 91.1 Å². The quantitative estimate of drug-likeness (QED) is 0.808. The lowest BCUT2D eigenvalue weighted by atomic mass is 10.0. The molecule has 0 aromatic carbocycles. The van der Waals surface area contributed by atoms with Crippen molar-refractivity contribution in [2.24, 2.45) is 23.8 Å². The van der Waals surface area contributed by atoms with Crippen LogP contribution in [0.15, 0.2) is 12.3 Å². The average molecular weight is 208 g/mol. The predicted molar refractivity (Wildman–Crippen MR) is 59.2 cm³/mol. The molecule has 1 unspecified atom stereocenters. The summed E-state index contributed by atoms with van der Waals surface area (Å²) in [6.07, 6.45) is 1.44. The molecule has 1 saturated carbocycles. The molecule has 1 fully saturated rings. The van der Waals surface area contributed by atoms with E-state index in [0.717, 1.165) is 5.69 Å². The Hall–Kier alpha value is -0.830. The molecule has 1 N–H and O–H groups in total. The average Bonchev–Trinajstić information content (AvgIpc) is 2.49. The maximum Gasteiger partial charge on any atom is 0.102 e. The van der Waals surface area contributed by atoms with Crippen molar-refractivity contribution >= 4 is 0 Å². The fraction of sp³-hybridized carbons (Fsp3) is 0.750. The zero-order valence-electron chi connectivity index (χ0n) is 10.2. The van der Waals surface area contributed by atoms with E-state index in [1.807, 2.05) is 19.3 Å². The van der Waals surface area contributed by atoms with Crippen LogP contribution < -0.4 is 0 Å². The van der Waals surface area contributed by atoms with Gasteiger partial charge in [-0.15, -0.1) is 0 Å². The molecular formula is C12H20N2O. The van der Waals surface area contributed by atoms with Gasteiger partial charge in [0.15, 0.2) is 0 Å². The molecule has 0 radical (unpaired) electrons. The smallest absolute Gasteiger partial charge is 0.102 e. The highest BCUT2D eigenvalue weighted by molar-refractivity contribution is 5.20. The molecule has 0 bridgehead atoms. The Bertz CT molecular complexity index is 365. The predicted octanol–water partition coefficient (Wildman–Crippen LogP) is 2.14. The van der Waals surface area contributed by atoms with Crippen LogP contribution in [0.25, 0.3) is 0 Å². The van der Waals surface area contributed by atoms with Gasteiger partial charge in [0, 0.05) is 19.2 Å². The van der Waals surface area contributed by atoms with E-state index in [9.17, 15) is 5.11 Å². The summed E-state index contributed by atoms with van der Waals surface area (Å²) >= 11 is 0. The number of hydrogen-bond donors (Lipinski definition) is 1. The van der Waals surface area contributed by atoms with Crippen LogP contribution in [0.1, 0.15) is 39.5 Å². The first-order chi connectivity index (χ1) is 6.78. The van der Waals surface area contributed by atoms with Crippen molar-refractivity contribution in [1.29, 1.82) is 0 Å². The van der Waals surface area contributed by atoms with Crippen molar-refractivity contribution in [2.45, 2.75) is 33.8 Å². The summed E-state index contributed by atoms with van der Waals surface area (Å²) in [6.45, 7) is 8.85. The van der Waals surface area contributed by atoms with Gasteiger partial charge in [-0.1, -0.05) is 27.7 Å². The van der Waals surface area contributed by atoms with Crippen LogP contribution in [0.3, 0.4) is 0 Å². The van der Waals surface area contributed by atoms with Gasteiger partial charge in [0.2, 0.25) is 0 Å². The fourth-order valence-corrected chi connectivity index (χ4v) is 2.80. The third-order valence-corrected chi connectivity index (χ3v) is 4.49. The summed E-state index contributed by atoms with van der Waals surface area (Å²) < 4.78 is 1.74. The summed E-state index contributed by atoms with van der Waals surface area (Å²) in [7, 11) is 1.87. The molecule has 0 amide bonds. The molecule has 1 heterocycles. The van der Waals surface area contributed by atoms with E-state index in [4.69, 9.17) is 0 Å². The topological polar surface area (TPSA) is 38.0 Å². The van der Waals surface area contributed by atoms with E-state index in [1.54, 1.807) is 4.68 Å². The summed E-state index contributed by atoms with van der Waals surface area (Å²) in [5, 5.41) is 14.5. The Morgan fingerprint density at radius 3 is 2.20 bits per heavy atom. The molecule has 3 nitrogen and oxygen atoms in total. The number of aliphatic hydroxyl groups excluding tert-OH is 1. The lowest BCUT2D eigenvalue weighted by Gasteiger charge is -2.09. The van der Waals surface area contributed by atoms with E-state index in [0.29, 0.717) is 5.92 Å². The van der Waals surface area contributed by atoms with E-state index in [2.05, 4.69) is 32.8 Å². The molecule has 2 rings (SSSR count). The minimum absolute atomic E-state index is 0.198. The molecule has 15 heavy (non-hydrogen) atoms. The SMILES string of the molecule is Cn1ccc(C(O)C2C(C)(C)C2(C)C)n1. The first-order valence-electron chi connectivity index (χ1n) is 5.46. The summed E-state index contributed by atoms with van der Waals surface area (Å²) in [5.74, 6) is 0.305. The number of rotatable bonds is 2. The molecule has 1 atom stereocenters. The molecule has 1 aliphatic carbocycles. The molecule has 1 aromatic rings. The molecule has 3 heteroatoms. The second-order valence-electron chi connectivity index (χ2n) is 5.78. The van der Waals surface area contributed by atoms with Crippen LogP contribution in [0, 0.1) is 16.7 Å². The van der Waals surface area contributed by atoms with Gasteiger partial charge in [0.1, 0.15) is 6.10 Å². The maximum absolute atomic E-state index is 10.3. The highest BCUT2D eigenvalue weighted by Gasteiger charge is 2.67.